The third-order valence-corrected chi connectivity index (χ3v) is 19.9. The van der Waals surface area contributed by atoms with Gasteiger partial charge in [-0.2, -0.15) is 0 Å². The summed E-state index contributed by atoms with van der Waals surface area (Å²) in [5, 5.41) is 10.6. The maximum absolute atomic E-state index is 13.1. The Morgan fingerprint density at radius 3 is 0.708 bits per heavy atom. The standard InChI is InChI=1S/C77H150O17P2/c1-6-9-12-15-18-21-23-25-26-27-28-29-30-31-32-34-36-43-48-53-58-63-77(82)94-73(67-88-75(80)61-56-51-46-41-38-37-40-44-49-54-59-70(4)5)69-92-96(85,86)90-65-71(78)64-89-95(83,84)91-68-72(66-87-74(79)60-55-50-45-39-20-17-14-11-8-3)93-76(81)62-57-52-47-42-35-33-24-22-19-16-13-10-7-2/h70-73,78H,6-69H2,1-5H3,(H,83,84)(H,85,86)/t71-,72+,73+/m0/s1. The lowest BCUT2D eigenvalue weighted by Crippen LogP contribution is -2.30. The Labute approximate surface area is 588 Å². The molecular weight excluding hydrogens is 1260 g/mol. The zero-order chi connectivity index (χ0) is 70.5. The topological polar surface area (TPSA) is 237 Å². The first-order valence-electron chi connectivity index (χ1n) is 40.1. The van der Waals surface area contributed by atoms with Gasteiger partial charge < -0.3 is 33.8 Å². The number of esters is 4. The number of phosphoric acid groups is 2. The second kappa shape index (κ2) is 70.1. The summed E-state index contributed by atoms with van der Waals surface area (Å²) in [5.74, 6) is -1.36. The van der Waals surface area contributed by atoms with E-state index in [0.29, 0.717) is 25.7 Å². The van der Waals surface area contributed by atoms with E-state index in [2.05, 4.69) is 34.6 Å². The molecule has 2 unspecified atom stereocenters. The van der Waals surface area contributed by atoms with Crippen LogP contribution in [0.5, 0.6) is 0 Å². The molecule has 0 bridgehead atoms. The van der Waals surface area contributed by atoms with E-state index in [0.717, 1.165) is 95.8 Å². The van der Waals surface area contributed by atoms with Crippen molar-refractivity contribution in [2.45, 2.75) is 425 Å². The summed E-state index contributed by atoms with van der Waals surface area (Å²) < 4.78 is 68.5. The predicted molar refractivity (Wildman–Crippen MR) is 391 cm³/mol. The van der Waals surface area contributed by atoms with Crippen molar-refractivity contribution < 1.29 is 80.2 Å². The van der Waals surface area contributed by atoms with E-state index in [9.17, 15) is 43.2 Å². The first kappa shape index (κ1) is 94.1. The molecule has 0 aliphatic carbocycles. The summed E-state index contributed by atoms with van der Waals surface area (Å²) in [4.78, 5) is 72.8. The van der Waals surface area contributed by atoms with Gasteiger partial charge in [0.2, 0.25) is 0 Å². The van der Waals surface area contributed by atoms with Crippen LogP contribution < -0.4 is 0 Å². The monoisotopic (exact) mass is 1410 g/mol. The summed E-state index contributed by atoms with van der Waals surface area (Å²) in [5.41, 5.74) is 0. The van der Waals surface area contributed by atoms with Crippen molar-refractivity contribution >= 4 is 39.5 Å². The second-order valence-electron chi connectivity index (χ2n) is 28.2. The molecular formula is C77H150O17P2. The number of aliphatic hydroxyl groups is 1. The Balaban J connectivity index is 5.19. The van der Waals surface area contributed by atoms with Gasteiger partial charge in [-0.15, -0.1) is 0 Å². The molecule has 17 nitrogen and oxygen atoms in total. The van der Waals surface area contributed by atoms with Crippen LogP contribution in [0.4, 0.5) is 0 Å². The molecule has 0 saturated carbocycles. The van der Waals surface area contributed by atoms with Crippen LogP contribution in [0.2, 0.25) is 0 Å². The maximum atomic E-state index is 13.1. The van der Waals surface area contributed by atoms with Gasteiger partial charge >= 0.3 is 39.5 Å². The minimum absolute atomic E-state index is 0.108. The molecule has 0 aromatic carbocycles. The number of hydrogen-bond donors (Lipinski definition) is 3. The summed E-state index contributed by atoms with van der Waals surface area (Å²) in [6.45, 7) is 7.28. The van der Waals surface area contributed by atoms with Gasteiger partial charge in [0, 0.05) is 25.7 Å². The molecule has 570 valence electrons. The van der Waals surface area contributed by atoms with E-state index in [4.69, 9.17) is 37.0 Å². The van der Waals surface area contributed by atoms with E-state index in [1.54, 1.807) is 0 Å². The molecule has 0 fully saturated rings. The molecule has 0 heterocycles. The van der Waals surface area contributed by atoms with Crippen molar-refractivity contribution in [2.75, 3.05) is 39.6 Å². The van der Waals surface area contributed by atoms with Gasteiger partial charge in [-0.25, -0.2) is 9.13 Å². The van der Waals surface area contributed by atoms with E-state index in [-0.39, 0.29) is 25.7 Å². The number of carbonyl (C=O) groups is 4. The fourth-order valence-corrected chi connectivity index (χ4v) is 13.5. The Morgan fingerprint density at radius 1 is 0.281 bits per heavy atom. The number of rotatable bonds is 77. The van der Waals surface area contributed by atoms with Gasteiger partial charge in [0.05, 0.1) is 26.4 Å². The van der Waals surface area contributed by atoms with Gasteiger partial charge in [0.1, 0.15) is 19.3 Å². The molecule has 0 amide bonds. The van der Waals surface area contributed by atoms with Gasteiger partial charge in [-0.05, 0) is 31.6 Å². The van der Waals surface area contributed by atoms with Crippen LogP contribution in [0.25, 0.3) is 0 Å². The molecule has 3 N–H and O–H groups in total. The van der Waals surface area contributed by atoms with Crippen LogP contribution in [-0.2, 0) is 65.4 Å². The predicted octanol–water partition coefficient (Wildman–Crippen LogP) is 22.9. The minimum atomic E-state index is -4.96. The van der Waals surface area contributed by atoms with Crippen molar-refractivity contribution in [1.29, 1.82) is 0 Å². The smallest absolute Gasteiger partial charge is 0.462 e. The third kappa shape index (κ3) is 70.5. The quantitative estimate of drug-likeness (QED) is 0.0222. The normalized spacial score (nSPS) is 13.9. The van der Waals surface area contributed by atoms with Gasteiger partial charge in [0.15, 0.2) is 12.2 Å². The van der Waals surface area contributed by atoms with Crippen molar-refractivity contribution in [2.24, 2.45) is 5.92 Å². The zero-order valence-corrected chi connectivity index (χ0v) is 64.3. The molecule has 0 radical (unpaired) electrons. The van der Waals surface area contributed by atoms with E-state index in [1.807, 2.05) is 0 Å². The second-order valence-corrected chi connectivity index (χ2v) is 31.1. The molecule has 0 aromatic rings. The minimum Gasteiger partial charge on any atom is -0.462 e. The Kier molecular flexibility index (Phi) is 68.7. The van der Waals surface area contributed by atoms with Gasteiger partial charge in [-0.3, -0.25) is 37.3 Å². The molecule has 0 aliphatic rings. The van der Waals surface area contributed by atoms with Crippen LogP contribution in [0.1, 0.15) is 407 Å². The molecule has 0 spiro atoms. The highest BCUT2D eigenvalue weighted by Gasteiger charge is 2.30. The molecule has 0 saturated heterocycles. The SMILES string of the molecule is CCCCCCCCCCCCCCCCCCCCCCCC(=O)O[C@H](COC(=O)CCCCCCCCCCCCC(C)C)COP(=O)(O)OC[C@@H](O)COP(=O)(O)OC[C@@H](COC(=O)CCCCCCCCCCC)OC(=O)CCCCCCCCCCCCCCC. The molecule has 5 atom stereocenters. The number of aliphatic hydroxyl groups excluding tert-OH is 1. The van der Waals surface area contributed by atoms with Gasteiger partial charge in [0.25, 0.3) is 0 Å². The van der Waals surface area contributed by atoms with Crippen molar-refractivity contribution in [1.82, 2.24) is 0 Å². The Hall–Kier alpha value is -1.94. The Morgan fingerprint density at radius 2 is 0.479 bits per heavy atom. The average Bonchev–Trinajstić information content (AvgIpc) is 1.42. The van der Waals surface area contributed by atoms with Crippen LogP contribution in [0.15, 0.2) is 0 Å². The van der Waals surface area contributed by atoms with Crippen molar-refractivity contribution in [3.8, 4) is 0 Å². The number of unbranched alkanes of at least 4 members (excludes halogenated alkanes) is 49. The van der Waals surface area contributed by atoms with Crippen LogP contribution >= 0.6 is 15.6 Å². The van der Waals surface area contributed by atoms with Crippen LogP contribution in [0.3, 0.4) is 0 Å². The number of carbonyl (C=O) groups excluding carboxylic acids is 4. The van der Waals surface area contributed by atoms with Crippen LogP contribution in [0, 0.1) is 5.92 Å². The summed E-state index contributed by atoms with van der Waals surface area (Å²) in [6.07, 6.45) is 59.7. The number of hydrogen-bond acceptors (Lipinski definition) is 15. The Bertz CT molecular complexity index is 1840. The van der Waals surface area contributed by atoms with E-state index in [1.165, 1.54) is 231 Å². The summed E-state index contributed by atoms with van der Waals surface area (Å²) in [7, 11) is -9.91. The highest BCUT2D eigenvalue weighted by molar-refractivity contribution is 7.47. The third-order valence-electron chi connectivity index (χ3n) is 18.0. The lowest BCUT2D eigenvalue weighted by molar-refractivity contribution is -0.161. The van der Waals surface area contributed by atoms with Crippen molar-refractivity contribution in [3.63, 3.8) is 0 Å². The first-order valence-corrected chi connectivity index (χ1v) is 43.1. The molecule has 0 aromatic heterocycles. The molecule has 19 heteroatoms. The summed E-state index contributed by atoms with van der Waals surface area (Å²) in [6, 6.07) is 0. The maximum Gasteiger partial charge on any atom is 0.472 e. The van der Waals surface area contributed by atoms with Crippen LogP contribution in [-0.4, -0.2) is 96.7 Å². The zero-order valence-electron chi connectivity index (χ0n) is 62.5. The molecule has 0 aliphatic heterocycles. The summed E-state index contributed by atoms with van der Waals surface area (Å²) >= 11 is 0. The van der Waals surface area contributed by atoms with Gasteiger partial charge in [-0.1, -0.05) is 356 Å². The van der Waals surface area contributed by atoms with E-state index >= 15 is 0 Å². The molecule has 96 heavy (non-hydrogen) atoms. The average molecular weight is 1410 g/mol. The number of phosphoric ester groups is 2. The highest BCUT2D eigenvalue weighted by atomic mass is 31.2. The lowest BCUT2D eigenvalue weighted by Gasteiger charge is -2.21. The fourth-order valence-electron chi connectivity index (χ4n) is 11.9. The fraction of sp³-hybridized carbons (Fsp3) is 0.948. The first-order chi connectivity index (χ1) is 46.5. The van der Waals surface area contributed by atoms with Crippen molar-refractivity contribution in [3.05, 3.63) is 0 Å². The largest absolute Gasteiger partial charge is 0.472 e. The van der Waals surface area contributed by atoms with E-state index < -0.39 is 97.5 Å². The number of ether oxygens (including phenoxy) is 4. The molecule has 0 rings (SSSR count). The highest BCUT2D eigenvalue weighted by Crippen LogP contribution is 2.45. The lowest BCUT2D eigenvalue weighted by atomic mass is 10.0.